The minimum absolute atomic E-state index is 0.360. The van der Waals surface area contributed by atoms with E-state index in [0.29, 0.717) is 29.9 Å². The largest absolute Gasteiger partial charge is 0.408 e. The van der Waals surface area contributed by atoms with Gasteiger partial charge >= 0.3 is 6.01 Å². The van der Waals surface area contributed by atoms with Crippen LogP contribution in [0.4, 0.5) is 11.7 Å². The molecule has 17 heavy (non-hydrogen) atoms. The highest BCUT2D eigenvalue weighted by molar-refractivity contribution is 6.30. The molecule has 1 aromatic heterocycles. The van der Waals surface area contributed by atoms with Gasteiger partial charge in [0.2, 0.25) is 5.89 Å². The van der Waals surface area contributed by atoms with Crippen LogP contribution in [-0.2, 0) is 6.42 Å². The maximum Gasteiger partial charge on any atom is 0.320 e. The number of hydrogen-bond acceptors (Lipinski definition) is 5. The highest BCUT2D eigenvalue weighted by Gasteiger charge is 2.06. The summed E-state index contributed by atoms with van der Waals surface area (Å²) >= 11 is 5.87. The SMILES string of the molecule is Cc1cc(Cl)ccc1Nc1nnc(CCN)o1. The van der Waals surface area contributed by atoms with Crippen LogP contribution in [0.15, 0.2) is 22.6 Å². The van der Waals surface area contributed by atoms with Gasteiger partial charge in [0.05, 0.1) is 0 Å². The monoisotopic (exact) mass is 252 g/mol. The fourth-order valence-electron chi connectivity index (χ4n) is 1.41. The molecular formula is C11H13ClN4O. The van der Waals surface area contributed by atoms with E-state index in [1.807, 2.05) is 19.1 Å². The van der Waals surface area contributed by atoms with Crippen LogP contribution in [0.1, 0.15) is 11.5 Å². The molecule has 0 spiro atoms. The Balaban J connectivity index is 2.13. The molecule has 0 fully saturated rings. The van der Waals surface area contributed by atoms with Gasteiger partial charge in [0.15, 0.2) is 0 Å². The van der Waals surface area contributed by atoms with E-state index in [9.17, 15) is 0 Å². The summed E-state index contributed by atoms with van der Waals surface area (Å²) in [6, 6.07) is 5.89. The van der Waals surface area contributed by atoms with Gasteiger partial charge in [0, 0.05) is 23.7 Å². The van der Waals surface area contributed by atoms with Crippen LogP contribution in [0, 0.1) is 6.92 Å². The van der Waals surface area contributed by atoms with Crippen LogP contribution >= 0.6 is 11.6 Å². The van der Waals surface area contributed by atoms with Crippen molar-refractivity contribution in [3.05, 3.63) is 34.7 Å². The van der Waals surface area contributed by atoms with E-state index in [2.05, 4.69) is 15.5 Å². The lowest BCUT2D eigenvalue weighted by atomic mass is 10.2. The number of benzene rings is 1. The molecule has 0 saturated heterocycles. The Bertz CT molecular complexity index is 512. The van der Waals surface area contributed by atoms with E-state index in [1.54, 1.807) is 6.07 Å². The van der Waals surface area contributed by atoms with Crippen molar-refractivity contribution in [3.8, 4) is 0 Å². The van der Waals surface area contributed by atoms with E-state index in [-0.39, 0.29) is 0 Å². The van der Waals surface area contributed by atoms with E-state index >= 15 is 0 Å². The molecule has 0 aliphatic heterocycles. The molecule has 5 nitrogen and oxygen atoms in total. The summed E-state index contributed by atoms with van der Waals surface area (Å²) in [6.45, 7) is 2.44. The maximum absolute atomic E-state index is 5.87. The second-order valence-electron chi connectivity index (χ2n) is 3.62. The molecule has 0 aliphatic rings. The van der Waals surface area contributed by atoms with Gasteiger partial charge in [-0.3, -0.25) is 0 Å². The van der Waals surface area contributed by atoms with E-state index in [4.69, 9.17) is 21.8 Å². The highest BCUT2D eigenvalue weighted by Crippen LogP contribution is 2.22. The number of hydrogen-bond donors (Lipinski definition) is 2. The van der Waals surface area contributed by atoms with Crippen molar-refractivity contribution >= 4 is 23.3 Å². The third-order valence-electron chi connectivity index (χ3n) is 2.26. The molecule has 0 amide bonds. The topological polar surface area (TPSA) is 77.0 Å². The molecular weight excluding hydrogens is 240 g/mol. The van der Waals surface area contributed by atoms with Gasteiger partial charge in [-0.25, -0.2) is 0 Å². The molecule has 0 saturated carbocycles. The molecule has 0 bridgehead atoms. The highest BCUT2D eigenvalue weighted by atomic mass is 35.5. The van der Waals surface area contributed by atoms with Crippen molar-refractivity contribution in [2.45, 2.75) is 13.3 Å². The molecule has 90 valence electrons. The first-order valence-electron chi connectivity index (χ1n) is 5.24. The third kappa shape index (κ3) is 2.95. The first-order chi connectivity index (χ1) is 8.19. The van der Waals surface area contributed by atoms with Crippen molar-refractivity contribution in [2.24, 2.45) is 5.73 Å². The number of rotatable bonds is 4. The molecule has 0 aliphatic carbocycles. The first kappa shape index (κ1) is 11.9. The Hall–Kier alpha value is -1.59. The van der Waals surface area contributed by atoms with Gasteiger partial charge in [-0.1, -0.05) is 16.7 Å². The lowest BCUT2D eigenvalue weighted by Crippen LogP contribution is -2.02. The number of anilines is 2. The fourth-order valence-corrected chi connectivity index (χ4v) is 1.64. The first-order valence-corrected chi connectivity index (χ1v) is 5.62. The van der Waals surface area contributed by atoms with Crippen molar-refractivity contribution in [1.82, 2.24) is 10.2 Å². The van der Waals surface area contributed by atoms with Crippen LogP contribution < -0.4 is 11.1 Å². The predicted octanol–water partition coefficient (Wildman–Crippen LogP) is 2.28. The van der Waals surface area contributed by atoms with Crippen LogP contribution in [0.2, 0.25) is 5.02 Å². The zero-order chi connectivity index (χ0) is 12.3. The third-order valence-corrected chi connectivity index (χ3v) is 2.49. The number of aromatic nitrogens is 2. The average Bonchev–Trinajstić information content (AvgIpc) is 2.71. The van der Waals surface area contributed by atoms with Gasteiger partial charge in [-0.15, -0.1) is 5.10 Å². The molecule has 1 aromatic carbocycles. The molecule has 0 atom stereocenters. The molecule has 3 N–H and O–H groups in total. The number of nitrogens with zero attached hydrogens (tertiary/aromatic N) is 2. The zero-order valence-corrected chi connectivity index (χ0v) is 10.2. The minimum atomic E-state index is 0.360. The summed E-state index contributed by atoms with van der Waals surface area (Å²) in [6.07, 6.45) is 0.578. The second-order valence-corrected chi connectivity index (χ2v) is 4.06. The summed E-state index contributed by atoms with van der Waals surface area (Å²) in [5.74, 6) is 0.529. The van der Waals surface area contributed by atoms with E-state index < -0.39 is 0 Å². The van der Waals surface area contributed by atoms with E-state index in [1.165, 1.54) is 0 Å². The number of nitrogens with two attached hydrogens (primary N) is 1. The fraction of sp³-hybridized carbons (Fsp3) is 0.273. The van der Waals surface area contributed by atoms with Crippen LogP contribution in [0.25, 0.3) is 0 Å². The van der Waals surface area contributed by atoms with Gasteiger partial charge in [0.1, 0.15) is 0 Å². The lowest BCUT2D eigenvalue weighted by Gasteiger charge is -2.05. The van der Waals surface area contributed by atoms with Crippen molar-refractivity contribution < 1.29 is 4.42 Å². The van der Waals surface area contributed by atoms with Crippen LogP contribution in [0.5, 0.6) is 0 Å². The summed E-state index contributed by atoms with van der Waals surface area (Å²) in [5, 5.41) is 11.5. The molecule has 0 radical (unpaired) electrons. The van der Waals surface area contributed by atoms with E-state index in [0.717, 1.165) is 11.3 Å². The van der Waals surface area contributed by atoms with Crippen LogP contribution in [-0.4, -0.2) is 16.7 Å². The van der Waals surface area contributed by atoms with Crippen molar-refractivity contribution in [2.75, 3.05) is 11.9 Å². The Morgan fingerprint density at radius 1 is 1.41 bits per heavy atom. The Morgan fingerprint density at radius 2 is 2.24 bits per heavy atom. The molecule has 0 unspecified atom stereocenters. The normalized spacial score (nSPS) is 10.5. The molecule has 2 rings (SSSR count). The molecule has 6 heteroatoms. The smallest absolute Gasteiger partial charge is 0.320 e. The Kier molecular flexibility index (Phi) is 3.61. The minimum Gasteiger partial charge on any atom is -0.408 e. The second kappa shape index (κ2) is 5.16. The maximum atomic E-state index is 5.87. The predicted molar refractivity (Wildman–Crippen MR) is 66.5 cm³/mol. The number of aryl methyl sites for hydroxylation is 1. The van der Waals surface area contributed by atoms with Gasteiger partial charge < -0.3 is 15.5 Å². The molecule has 2 aromatic rings. The van der Waals surface area contributed by atoms with Crippen molar-refractivity contribution in [3.63, 3.8) is 0 Å². The number of nitrogens with one attached hydrogen (secondary N) is 1. The standard InChI is InChI=1S/C11H13ClN4O/c1-7-6-8(12)2-3-9(7)14-11-16-15-10(17-11)4-5-13/h2-3,6H,4-5,13H2,1H3,(H,14,16). The van der Waals surface area contributed by atoms with Crippen molar-refractivity contribution in [1.29, 1.82) is 0 Å². The van der Waals surface area contributed by atoms with Crippen LogP contribution in [0.3, 0.4) is 0 Å². The van der Waals surface area contributed by atoms with Gasteiger partial charge in [0.25, 0.3) is 0 Å². The summed E-state index contributed by atoms with van der Waals surface area (Å²) < 4.78 is 5.37. The Labute approximate surface area is 104 Å². The Morgan fingerprint density at radius 3 is 2.94 bits per heavy atom. The average molecular weight is 253 g/mol. The zero-order valence-electron chi connectivity index (χ0n) is 9.40. The summed E-state index contributed by atoms with van der Waals surface area (Å²) in [5.41, 5.74) is 7.30. The summed E-state index contributed by atoms with van der Waals surface area (Å²) in [7, 11) is 0. The number of halogens is 1. The lowest BCUT2D eigenvalue weighted by molar-refractivity contribution is 0.510. The quantitative estimate of drug-likeness (QED) is 0.873. The van der Waals surface area contributed by atoms with Gasteiger partial charge in [-0.05, 0) is 30.7 Å². The van der Waals surface area contributed by atoms with Gasteiger partial charge in [-0.2, -0.15) is 0 Å². The summed E-state index contributed by atoms with van der Waals surface area (Å²) in [4.78, 5) is 0. The molecule has 1 heterocycles.